The van der Waals surface area contributed by atoms with Crippen molar-refractivity contribution in [2.75, 3.05) is 38.5 Å². The Hall–Kier alpha value is -3.95. The summed E-state index contributed by atoms with van der Waals surface area (Å²) in [4.78, 5) is 42.0. The SMILES string of the molecule is CNCc1ccccc1CN(CC(=O)Nc1ccc2c(c1)C[C@@]1(C2)C(=O)NC2=C1C=CCN2)C(=O)C1(C)CCNC1. The number of benzene rings is 2. The molecule has 9 heteroatoms. The molecular weight excluding hydrogens is 516 g/mol. The van der Waals surface area contributed by atoms with Gasteiger partial charge in [-0.1, -0.05) is 42.5 Å². The predicted octanol–water partition coefficient (Wildman–Crippen LogP) is 1.96. The third-order valence-electron chi connectivity index (χ3n) is 8.97. The van der Waals surface area contributed by atoms with E-state index in [1.54, 1.807) is 4.90 Å². The first-order valence-electron chi connectivity index (χ1n) is 14.4. The maximum atomic E-state index is 13.8. The van der Waals surface area contributed by atoms with Crippen LogP contribution in [0.5, 0.6) is 0 Å². The summed E-state index contributed by atoms with van der Waals surface area (Å²) in [5.74, 6) is 0.574. The number of anilines is 1. The lowest BCUT2D eigenvalue weighted by Crippen LogP contribution is -2.46. The number of carbonyl (C=O) groups is 3. The maximum absolute atomic E-state index is 13.8. The smallest absolute Gasteiger partial charge is 0.244 e. The van der Waals surface area contributed by atoms with E-state index in [1.165, 1.54) is 0 Å². The van der Waals surface area contributed by atoms with Gasteiger partial charge in [0.15, 0.2) is 0 Å². The summed E-state index contributed by atoms with van der Waals surface area (Å²) in [5.41, 5.74) is 4.83. The van der Waals surface area contributed by atoms with Crippen molar-refractivity contribution in [2.24, 2.45) is 10.8 Å². The summed E-state index contributed by atoms with van der Waals surface area (Å²) < 4.78 is 0. The Morgan fingerprint density at radius 1 is 1.07 bits per heavy atom. The molecule has 1 unspecified atom stereocenters. The van der Waals surface area contributed by atoms with Crippen LogP contribution in [0.25, 0.3) is 0 Å². The molecule has 2 atom stereocenters. The van der Waals surface area contributed by atoms with Crippen molar-refractivity contribution >= 4 is 23.4 Å². The first-order chi connectivity index (χ1) is 19.8. The van der Waals surface area contributed by atoms with E-state index in [2.05, 4.69) is 32.7 Å². The van der Waals surface area contributed by atoms with Crippen LogP contribution in [0.2, 0.25) is 0 Å². The van der Waals surface area contributed by atoms with E-state index in [0.29, 0.717) is 44.7 Å². The van der Waals surface area contributed by atoms with Crippen molar-refractivity contribution < 1.29 is 14.4 Å². The highest BCUT2D eigenvalue weighted by molar-refractivity contribution is 5.96. The van der Waals surface area contributed by atoms with Crippen LogP contribution in [0.1, 0.15) is 35.6 Å². The van der Waals surface area contributed by atoms with Gasteiger partial charge < -0.3 is 31.5 Å². The third kappa shape index (κ3) is 5.04. The van der Waals surface area contributed by atoms with E-state index < -0.39 is 10.8 Å². The number of nitrogens with zero attached hydrogens (tertiary/aromatic N) is 1. The molecule has 2 aromatic rings. The molecule has 4 aliphatic rings. The second kappa shape index (κ2) is 10.8. The van der Waals surface area contributed by atoms with Crippen LogP contribution in [0.4, 0.5) is 5.69 Å². The van der Waals surface area contributed by atoms with Crippen molar-refractivity contribution in [3.8, 4) is 0 Å². The molecule has 214 valence electrons. The molecule has 3 amide bonds. The fraction of sp³-hybridized carbons (Fsp3) is 0.406. The van der Waals surface area contributed by atoms with Crippen LogP contribution in [-0.2, 0) is 40.3 Å². The average Bonchev–Trinajstić information content (AvgIpc) is 3.65. The van der Waals surface area contributed by atoms with Gasteiger partial charge in [0.2, 0.25) is 17.7 Å². The Bertz CT molecular complexity index is 1460. The topological polar surface area (TPSA) is 115 Å². The summed E-state index contributed by atoms with van der Waals surface area (Å²) in [6.07, 6.45) is 6.06. The van der Waals surface area contributed by atoms with Gasteiger partial charge in [0.1, 0.15) is 12.4 Å². The molecule has 5 N–H and O–H groups in total. The molecule has 3 aliphatic heterocycles. The monoisotopic (exact) mass is 554 g/mol. The van der Waals surface area contributed by atoms with Crippen LogP contribution >= 0.6 is 0 Å². The first-order valence-corrected chi connectivity index (χ1v) is 14.4. The second-order valence-electron chi connectivity index (χ2n) is 11.9. The van der Waals surface area contributed by atoms with Crippen LogP contribution < -0.4 is 26.6 Å². The highest BCUT2D eigenvalue weighted by Crippen LogP contribution is 2.47. The molecule has 6 rings (SSSR count). The van der Waals surface area contributed by atoms with Gasteiger partial charge in [-0.15, -0.1) is 0 Å². The number of fused-ring (bicyclic) bond motifs is 2. The quantitative estimate of drug-likeness (QED) is 0.341. The molecule has 2 aromatic carbocycles. The van der Waals surface area contributed by atoms with Gasteiger partial charge in [0, 0.05) is 37.4 Å². The Morgan fingerprint density at radius 3 is 2.66 bits per heavy atom. The van der Waals surface area contributed by atoms with Crippen molar-refractivity contribution in [2.45, 2.75) is 39.3 Å². The van der Waals surface area contributed by atoms with E-state index in [0.717, 1.165) is 46.6 Å². The van der Waals surface area contributed by atoms with E-state index in [9.17, 15) is 14.4 Å². The molecule has 0 aromatic heterocycles. The van der Waals surface area contributed by atoms with Gasteiger partial charge in [-0.25, -0.2) is 0 Å². The molecule has 1 spiro atoms. The van der Waals surface area contributed by atoms with E-state index >= 15 is 0 Å². The zero-order valence-electron chi connectivity index (χ0n) is 23.7. The third-order valence-corrected chi connectivity index (χ3v) is 8.97. The highest BCUT2D eigenvalue weighted by Gasteiger charge is 2.51. The Labute approximate surface area is 240 Å². The number of dihydropyridines is 1. The zero-order valence-corrected chi connectivity index (χ0v) is 23.7. The standard InChI is InChI=1S/C32H38N6O3/c1-31(11-13-34-20-31)30(41)38(18-23-7-4-3-6-22(23)17-33-2)19-27(39)36-25-10-9-21-15-32(16-24(21)14-25)26-8-5-12-35-28(26)37-29(32)40/h3-10,14,33-35H,11-13,15-20H2,1-2H3,(H,36,39)(H,37,40)/t31?,32-/m1/s1. The molecule has 1 saturated heterocycles. The van der Waals surface area contributed by atoms with Crippen molar-refractivity contribution in [3.63, 3.8) is 0 Å². The molecular formula is C32H38N6O3. The second-order valence-corrected chi connectivity index (χ2v) is 11.9. The maximum Gasteiger partial charge on any atom is 0.244 e. The Balaban J connectivity index is 1.19. The Kier molecular flexibility index (Phi) is 7.17. The van der Waals surface area contributed by atoms with E-state index in [4.69, 9.17) is 0 Å². The van der Waals surface area contributed by atoms with Gasteiger partial charge in [-0.3, -0.25) is 14.4 Å². The molecule has 41 heavy (non-hydrogen) atoms. The summed E-state index contributed by atoms with van der Waals surface area (Å²) in [5, 5.41) is 15.8. The lowest BCUT2D eigenvalue weighted by atomic mass is 9.78. The van der Waals surface area contributed by atoms with Gasteiger partial charge in [0.25, 0.3) is 0 Å². The predicted molar refractivity (Wildman–Crippen MR) is 157 cm³/mol. The summed E-state index contributed by atoms with van der Waals surface area (Å²) >= 11 is 0. The lowest BCUT2D eigenvalue weighted by molar-refractivity contribution is -0.143. The fourth-order valence-corrected chi connectivity index (χ4v) is 6.72. The summed E-state index contributed by atoms with van der Waals surface area (Å²) in [6, 6.07) is 13.9. The van der Waals surface area contributed by atoms with E-state index in [-0.39, 0.29) is 24.3 Å². The van der Waals surface area contributed by atoms with Gasteiger partial charge in [0.05, 0.1) is 10.8 Å². The minimum absolute atomic E-state index is 0.0155. The van der Waals surface area contributed by atoms with Gasteiger partial charge in [-0.05, 0) is 74.2 Å². The number of carbonyl (C=O) groups excluding carboxylic acids is 3. The number of hydrogen-bond acceptors (Lipinski definition) is 6. The van der Waals surface area contributed by atoms with Crippen molar-refractivity contribution in [1.82, 2.24) is 26.2 Å². The van der Waals surface area contributed by atoms with Crippen LogP contribution in [0, 0.1) is 10.8 Å². The van der Waals surface area contributed by atoms with Crippen molar-refractivity contribution in [1.29, 1.82) is 0 Å². The molecule has 0 radical (unpaired) electrons. The average molecular weight is 555 g/mol. The molecule has 9 nitrogen and oxygen atoms in total. The van der Waals surface area contributed by atoms with Crippen LogP contribution in [-0.4, -0.2) is 55.8 Å². The number of allylic oxidation sites excluding steroid dienone is 1. The van der Waals surface area contributed by atoms with E-state index in [1.807, 2.05) is 62.5 Å². The first kappa shape index (κ1) is 27.2. The Morgan fingerprint density at radius 2 is 1.88 bits per heavy atom. The number of amides is 3. The molecule has 0 bridgehead atoms. The zero-order chi connectivity index (χ0) is 28.6. The highest BCUT2D eigenvalue weighted by atomic mass is 16.2. The number of rotatable bonds is 8. The minimum atomic E-state index is -0.612. The number of nitrogens with one attached hydrogen (secondary N) is 5. The fourth-order valence-electron chi connectivity index (χ4n) is 6.72. The number of hydrogen-bond donors (Lipinski definition) is 5. The largest absolute Gasteiger partial charge is 0.368 e. The van der Waals surface area contributed by atoms with Crippen molar-refractivity contribution in [3.05, 3.63) is 88.3 Å². The minimum Gasteiger partial charge on any atom is -0.368 e. The van der Waals surface area contributed by atoms with Crippen LogP contribution in [0.15, 0.2) is 66.0 Å². The molecule has 1 fully saturated rings. The summed E-state index contributed by atoms with van der Waals surface area (Å²) in [6.45, 7) is 5.07. The van der Waals surface area contributed by atoms with Crippen LogP contribution in [0.3, 0.4) is 0 Å². The molecule has 3 heterocycles. The molecule has 0 saturated carbocycles. The lowest BCUT2D eigenvalue weighted by Gasteiger charge is -2.31. The van der Waals surface area contributed by atoms with Gasteiger partial charge >= 0.3 is 0 Å². The normalized spacial score (nSPS) is 24.2. The molecule has 1 aliphatic carbocycles. The summed E-state index contributed by atoms with van der Waals surface area (Å²) in [7, 11) is 1.90. The van der Waals surface area contributed by atoms with Gasteiger partial charge in [-0.2, -0.15) is 0 Å².